The van der Waals surface area contributed by atoms with Crippen LogP contribution in [0.3, 0.4) is 0 Å². The maximum Gasteiger partial charge on any atom is 0.308 e. The number of aliphatic hydroxyl groups excluding tert-OH is 1. The number of aliphatic hydroxyl groups is 1. The van der Waals surface area contributed by atoms with Crippen LogP contribution in [0.15, 0.2) is 54.7 Å². The molecule has 3 aromatic rings. The van der Waals surface area contributed by atoms with E-state index in [1.165, 1.54) is 11.1 Å². The molecule has 1 unspecified atom stereocenters. The van der Waals surface area contributed by atoms with E-state index in [1.54, 1.807) is 13.3 Å². The van der Waals surface area contributed by atoms with Crippen molar-refractivity contribution in [1.29, 1.82) is 0 Å². The first kappa shape index (κ1) is 23.8. The molecule has 6 heteroatoms. The van der Waals surface area contributed by atoms with Gasteiger partial charge in [0.2, 0.25) is 0 Å². The molecule has 6 nitrogen and oxygen atoms in total. The van der Waals surface area contributed by atoms with Gasteiger partial charge in [0.15, 0.2) is 0 Å². The van der Waals surface area contributed by atoms with E-state index in [2.05, 4.69) is 34.1 Å². The van der Waals surface area contributed by atoms with Gasteiger partial charge in [0.25, 0.3) is 0 Å². The molecule has 5 rings (SSSR count). The molecule has 2 aliphatic rings. The van der Waals surface area contributed by atoms with Crippen LogP contribution in [-0.4, -0.2) is 52.8 Å². The number of fused-ring (bicyclic) bond motifs is 2. The molecular formula is C29H34N2O4. The standard InChI is InChI=1S/C29H34N2O4/c1-35-23-7-8-27-25(16-23)24(10-12-30-27)28(32)9-6-20-11-13-31(18-26(20)29(33)34)17-19-14-21-4-2-3-5-22(21)15-19/h2-5,7-8,10,12,16,19-20,26,28,32H,6,9,11,13-15,17-18H2,1H3,(H,33,34)/t20-,26+,28?/m1/s1. The Hall–Kier alpha value is -2.96. The summed E-state index contributed by atoms with van der Waals surface area (Å²) in [5.41, 5.74) is 4.52. The molecule has 0 amide bonds. The lowest BCUT2D eigenvalue weighted by Gasteiger charge is -2.38. The van der Waals surface area contributed by atoms with Gasteiger partial charge in [-0.3, -0.25) is 9.78 Å². The van der Waals surface area contributed by atoms with E-state index >= 15 is 0 Å². The second-order valence-corrected chi connectivity index (χ2v) is 10.2. The van der Waals surface area contributed by atoms with Crippen molar-refractivity contribution >= 4 is 16.9 Å². The van der Waals surface area contributed by atoms with Crippen LogP contribution < -0.4 is 4.74 Å². The van der Waals surface area contributed by atoms with E-state index in [9.17, 15) is 15.0 Å². The minimum Gasteiger partial charge on any atom is -0.497 e. The van der Waals surface area contributed by atoms with Crippen LogP contribution in [-0.2, 0) is 17.6 Å². The van der Waals surface area contributed by atoms with Crippen molar-refractivity contribution in [3.63, 3.8) is 0 Å². The molecular weight excluding hydrogens is 440 g/mol. The predicted octanol–water partition coefficient (Wildman–Crippen LogP) is 4.49. The van der Waals surface area contributed by atoms with Gasteiger partial charge in [-0.05, 0) is 91.4 Å². The Bertz CT molecular complexity index is 1170. The first-order valence-corrected chi connectivity index (χ1v) is 12.6. The Morgan fingerprint density at radius 2 is 1.94 bits per heavy atom. The minimum atomic E-state index is -0.719. The van der Waals surface area contributed by atoms with Crippen LogP contribution in [0.5, 0.6) is 5.75 Å². The summed E-state index contributed by atoms with van der Waals surface area (Å²) in [6.07, 6.45) is 5.30. The molecule has 0 spiro atoms. The first-order valence-electron chi connectivity index (χ1n) is 12.6. The van der Waals surface area contributed by atoms with Crippen molar-refractivity contribution in [2.45, 2.75) is 38.2 Å². The number of aliphatic carboxylic acids is 1. The number of ether oxygens (including phenoxy) is 1. The number of pyridine rings is 1. The zero-order valence-electron chi connectivity index (χ0n) is 20.3. The molecule has 184 valence electrons. The number of hydrogen-bond donors (Lipinski definition) is 2. The number of likely N-dealkylation sites (tertiary alicyclic amines) is 1. The van der Waals surface area contributed by atoms with E-state index in [-0.39, 0.29) is 5.92 Å². The van der Waals surface area contributed by atoms with Crippen LogP contribution in [0.25, 0.3) is 10.9 Å². The number of carboxylic acid groups (broad SMARTS) is 1. The van der Waals surface area contributed by atoms with Crippen LogP contribution in [0.4, 0.5) is 0 Å². The molecule has 1 saturated heterocycles. The number of methoxy groups -OCH3 is 1. The number of nitrogens with zero attached hydrogens (tertiary/aromatic N) is 2. The van der Waals surface area contributed by atoms with Crippen LogP contribution in [0.1, 0.15) is 42.1 Å². The molecule has 1 aromatic heterocycles. The molecule has 2 aromatic carbocycles. The number of rotatable bonds is 8. The van der Waals surface area contributed by atoms with Crippen LogP contribution >= 0.6 is 0 Å². The summed E-state index contributed by atoms with van der Waals surface area (Å²) in [5, 5.41) is 21.9. The van der Waals surface area contributed by atoms with Gasteiger partial charge in [-0.15, -0.1) is 0 Å². The van der Waals surface area contributed by atoms with Gasteiger partial charge in [0.05, 0.1) is 24.6 Å². The molecule has 35 heavy (non-hydrogen) atoms. The lowest BCUT2D eigenvalue weighted by Crippen LogP contribution is -2.45. The summed E-state index contributed by atoms with van der Waals surface area (Å²) in [6.45, 7) is 2.48. The first-order chi connectivity index (χ1) is 17.0. The lowest BCUT2D eigenvalue weighted by atomic mass is 9.81. The van der Waals surface area contributed by atoms with Gasteiger partial charge in [0.1, 0.15) is 5.75 Å². The highest BCUT2D eigenvalue weighted by atomic mass is 16.5. The van der Waals surface area contributed by atoms with Crippen molar-refractivity contribution in [2.24, 2.45) is 17.8 Å². The molecule has 2 N–H and O–H groups in total. The topological polar surface area (TPSA) is 82.9 Å². The third-order valence-corrected chi connectivity index (χ3v) is 7.96. The normalized spacial score (nSPS) is 21.7. The number of carboxylic acids is 1. The largest absolute Gasteiger partial charge is 0.497 e. The molecule has 1 fully saturated rings. The third kappa shape index (κ3) is 5.19. The number of hydrogen-bond acceptors (Lipinski definition) is 5. The van der Waals surface area contributed by atoms with E-state index in [0.29, 0.717) is 25.3 Å². The van der Waals surface area contributed by atoms with Crippen molar-refractivity contribution in [3.05, 3.63) is 71.4 Å². The predicted molar refractivity (Wildman–Crippen MR) is 136 cm³/mol. The highest BCUT2D eigenvalue weighted by molar-refractivity contribution is 5.83. The number of aromatic nitrogens is 1. The second-order valence-electron chi connectivity index (χ2n) is 10.2. The Morgan fingerprint density at radius 1 is 1.17 bits per heavy atom. The maximum absolute atomic E-state index is 12.2. The summed E-state index contributed by atoms with van der Waals surface area (Å²) >= 11 is 0. The molecule has 1 aliphatic carbocycles. The van der Waals surface area contributed by atoms with Gasteiger partial charge in [-0.1, -0.05) is 24.3 Å². The van der Waals surface area contributed by atoms with Crippen molar-refractivity contribution < 1.29 is 19.7 Å². The molecule has 2 heterocycles. The van der Waals surface area contributed by atoms with E-state index in [4.69, 9.17) is 4.74 Å². The number of benzene rings is 2. The zero-order valence-corrected chi connectivity index (χ0v) is 20.3. The summed E-state index contributed by atoms with van der Waals surface area (Å²) in [4.78, 5) is 18.9. The fourth-order valence-corrected chi connectivity index (χ4v) is 6.09. The molecule has 0 saturated carbocycles. The fraction of sp³-hybridized carbons (Fsp3) is 0.448. The summed E-state index contributed by atoms with van der Waals surface area (Å²) in [6, 6.07) is 16.2. The number of carbonyl (C=O) groups is 1. The van der Waals surface area contributed by atoms with Gasteiger partial charge in [0, 0.05) is 24.7 Å². The second kappa shape index (κ2) is 10.3. The average Bonchev–Trinajstić information content (AvgIpc) is 3.29. The smallest absolute Gasteiger partial charge is 0.308 e. The minimum absolute atomic E-state index is 0.0711. The Balaban J connectivity index is 1.20. The Morgan fingerprint density at radius 3 is 2.66 bits per heavy atom. The quantitative estimate of drug-likeness (QED) is 0.500. The van der Waals surface area contributed by atoms with Crippen molar-refractivity contribution in [3.8, 4) is 5.75 Å². The maximum atomic E-state index is 12.2. The molecule has 3 atom stereocenters. The van der Waals surface area contributed by atoms with E-state index in [0.717, 1.165) is 54.6 Å². The SMILES string of the molecule is COc1ccc2nccc(C(O)CC[C@@H]3CCN(CC4Cc5ccccc5C4)C[C@@H]3C(=O)O)c2c1. The highest BCUT2D eigenvalue weighted by Gasteiger charge is 2.35. The molecule has 1 aliphatic heterocycles. The van der Waals surface area contributed by atoms with E-state index < -0.39 is 18.0 Å². The summed E-state index contributed by atoms with van der Waals surface area (Å²) in [5.74, 6) is 0.249. The Labute approximate surface area is 206 Å². The fourth-order valence-electron chi connectivity index (χ4n) is 6.09. The van der Waals surface area contributed by atoms with Crippen LogP contribution in [0.2, 0.25) is 0 Å². The van der Waals surface area contributed by atoms with Crippen LogP contribution in [0, 0.1) is 17.8 Å². The monoisotopic (exact) mass is 474 g/mol. The zero-order chi connectivity index (χ0) is 24.4. The van der Waals surface area contributed by atoms with Crippen molar-refractivity contribution in [1.82, 2.24) is 9.88 Å². The van der Waals surface area contributed by atoms with E-state index in [1.807, 2.05) is 24.3 Å². The highest BCUT2D eigenvalue weighted by Crippen LogP contribution is 2.35. The molecule has 0 radical (unpaired) electrons. The van der Waals surface area contributed by atoms with Gasteiger partial charge in [-0.2, -0.15) is 0 Å². The third-order valence-electron chi connectivity index (χ3n) is 7.96. The summed E-state index contributed by atoms with van der Waals surface area (Å²) < 4.78 is 5.35. The van der Waals surface area contributed by atoms with Gasteiger partial charge < -0.3 is 19.8 Å². The summed E-state index contributed by atoms with van der Waals surface area (Å²) in [7, 11) is 1.62. The van der Waals surface area contributed by atoms with Crippen molar-refractivity contribution in [2.75, 3.05) is 26.7 Å². The van der Waals surface area contributed by atoms with Gasteiger partial charge in [-0.25, -0.2) is 0 Å². The average molecular weight is 475 g/mol. The lowest BCUT2D eigenvalue weighted by molar-refractivity contribution is -0.146. The van der Waals surface area contributed by atoms with Gasteiger partial charge >= 0.3 is 5.97 Å². The molecule has 0 bridgehead atoms. The Kier molecular flexibility index (Phi) is 7.02. The number of piperidine rings is 1.